The lowest BCUT2D eigenvalue weighted by atomic mass is 10.4. The first-order chi connectivity index (χ1) is 4.91. The van der Waals surface area contributed by atoms with E-state index in [1.54, 1.807) is 6.04 Å². The van der Waals surface area contributed by atoms with E-state index in [0.29, 0.717) is 0 Å². The van der Waals surface area contributed by atoms with Crippen LogP contribution >= 0.6 is 0 Å². The molecule has 0 aliphatic carbocycles. The summed E-state index contributed by atoms with van der Waals surface area (Å²) in [7, 11) is -0.717. The average molecular weight is 150 g/mol. The Balaban J connectivity index is 2.09. The third-order valence-corrected chi connectivity index (χ3v) is 7.48. The summed E-state index contributed by atoms with van der Waals surface area (Å²) in [5.41, 5.74) is 0. The predicted molar refractivity (Wildman–Crippen MR) is 47.9 cm³/mol. The number of hydrogen-bond acceptors (Lipinski definition) is 0. The molecule has 54 valence electrons. The van der Waals surface area contributed by atoms with Crippen molar-refractivity contribution in [3.8, 4) is 0 Å². The summed E-state index contributed by atoms with van der Waals surface area (Å²) in [6, 6.07) is 5.95. The highest BCUT2D eigenvalue weighted by Crippen LogP contribution is 2.35. The molecule has 10 heavy (non-hydrogen) atoms. The van der Waals surface area contributed by atoms with E-state index in [2.05, 4.69) is 24.3 Å². The monoisotopic (exact) mass is 150 g/mol. The second kappa shape index (κ2) is 2.39. The Hall–Kier alpha value is -0.303. The fourth-order valence-corrected chi connectivity index (χ4v) is 5.95. The van der Waals surface area contributed by atoms with E-state index in [-0.39, 0.29) is 0 Å². The minimum atomic E-state index is -0.717. The van der Waals surface area contributed by atoms with Crippen LogP contribution in [0.5, 0.6) is 0 Å². The van der Waals surface area contributed by atoms with E-state index in [1.807, 2.05) is 0 Å². The normalized spacial score (nSPS) is 28.0. The quantitative estimate of drug-likeness (QED) is 0.368. The molecule has 0 aromatic carbocycles. The summed E-state index contributed by atoms with van der Waals surface area (Å²) in [5.74, 6) is 0. The average Bonchev–Trinajstić information content (AvgIpc) is 2.39. The van der Waals surface area contributed by atoms with Gasteiger partial charge in [0.1, 0.15) is 0 Å². The second-order valence-electron chi connectivity index (χ2n) is 3.59. The van der Waals surface area contributed by atoms with E-state index >= 15 is 0 Å². The molecular weight excluding hydrogens is 136 g/mol. The molecule has 0 saturated carbocycles. The van der Waals surface area contributed by atoms with Crippen LogP contribution in [0.1, 0.15) is 6.42 Å². The largest absolute Gasteiger partial charge is 0.0914 e. The molecule has 0 aromatic heterocycles. The fraction of sp³-hybridized carbons (Fsp3) is 0.556. The van der Waals surface area contributed by atoms with Gasteiger partial charge in [-0.2, -0.15) is 0 Å². The maximum absolute atomic E-state index is 2.42. The second-order valence-corrected chi connectivity index (χ2v) is 8.32. The van der Waals surface area contributed by atoms with E-state index in [0.717, 1.165) is 0 Å². The van der Waals surface area contributed by atoms with Crippen molar-refractivity contribution in [2.24, 2.45) is 0 Å². The van der Waals surface area contributed by atoms with Gasteiger partial charge in [-0.05, 0) is 24.6 Å². The molecule has 0 bridgehead atoms. The lowest BCUT2D eigenvalue weighted by Gasteiger charge is -2.27. The van der Waals surface area contributed by atoms with Crippen LogP contribution in [0.4, 0.5) is 0 Å². The highest BCUT2D eigenvalue weighted by Gasteiger charge is 2.32. The minimum absolute atomic E-state index is 0.717. The SMILES string of the molecule is C1=CC[Si]2(CC=CC2)CC1. The number of rotatable bonds is 0. The van der Waals surface area contributed by atoms with Gasteiger partial charge in [0.05, 0.1) is 8.07 Å². The number of allylic oxidation sites excluding steroid dienone is 4. The smallest absolute Gasteiger partial charge is 0.0651 e. The zero-order chi connectivity index (χ0) is 6.86. The molecule has 0 saturated heterocycles. The molecule has 0 atom stereocenters. The van der Waals surface area contributed by atoms with E-state index in [9.17, 15) is 0 Å². The molecule has 1 spiro atoms. The molecule has 0 aromatic rings. The van der Waals surface area contributed by atoms with E-state index in [1.165, 1.54) is 24.6 Å². The molecule has 2 rings (SSSR count). The first-order valence-electron chi connectivity index (χ1n) is 4.21. The molecule has 0 amide bonds. The summed E-state index contributed by atoms with van der Waals surface area (Å²) >= 11 is 0. The Morgan fingerprint density at radius 1 is 0.800 bits per heavy atom. The predicted octanol–water partition coefficient (Wildman–Crippen LogP) is 2.96. The summed E-state index contributed by atoms with van der Waals surface area (Å²) in [6.45, 7) is 0. The first-order valence-corrected chi connectivity index (χ1v) is 7.04. The van der Waals surface area contributed by atoms with Crippen molar-refractivity contribution in [2.75, 3.05) is 0 Å². The van der Waals surface area contributed by atoms with Gasteiger partial charge in [-0.3, -0.25) is 0 Å². The fourth-order valence-electron chi connectivity index (χ4n) is 2.06. The highest BCUT2D eigenvalue weighted by molar-refractivity contribution is 6.82. The lowest BCUT2D eigenvalue weighted by molar-refractivity contribution is 1.09. The van der Waals surface area contributed by atoms with Crippen LogP contribution in [0.15, 0.2) is 24.3 Å². The molecular formula is C9H14Si. The Morgan fingerprint density at radius 2 is 1.40 bits per heavy atom. The minimum Gasteiger partial charge on any atom is -0.0914 e. The third-order valence-electron chi connectivity index (χ3n) is 2.83. The van der Waals surface area contributed by atoms with Crippen molar-refractivity contribution in [3.63, 3.8) is 0 Å². The molecule has 1 heteroatoms. The summed E-state index contributed by atoms with van der Waals surface area (Å²) < 4.78 is 0. The maximum atomic E-state index is 2.42. The standard InChI is InChI=1S/C9H14Si/c1-2-6-10(7-3-1)8-4-5-9-10/h1-2,4-5H,3,6-9H2. The molecule has 0 N–H and O–H groups in total. The maximum Gasteiger partial charge on any atom is 0.0651 e. The van der Waals surface area contributed by atoms with Crippen molar-refractivity contribution < 1.29 is 0 Å². The van der Waals surface area contributed by atoms with Gasteiger partial charge in [0, 0.05) is 0 Å². The van der Waals surface area contributed by atoms with Crippen LogP contribution in [0.2, 0.25) is 24.2 Å². The molecule has 0 nitrogen and oxygen atoms in total. The van der Waals surface area contributed by atoms with Gasteiger partial charge in [-0.1, -0.05) is 30.3 Å². The Morgan fingerprint density at radius 3 is 2.00 bits per heavy atom. The molecule has 0 radical (unpaired) electrons. The van der Waals surface area contributed by atoms with Crippen molar-refractivity contribution in [2.45, 2.75) is 30.6 Å². The van der Waals surface area contributed by atoms with Gasteiger partial charge in [-0.15, -0.1) is 0 Å². The zero-order valence-corrected chi connectivity index (χ0v) is 7.34. The van der Waals surface area contributed by atoms with Crippen molar-refractivity contribution >= 4 is 8.07 Å². The van der Waals surface area contributed by atoms with Gasteiger partial charge in [0.15, 0.2) is 0 Å². The summed E-state index contributed by atoms with van der Waals surface area (Å²) in [5, 5.41) is 0. The van der Waals surface area contributed by atoms with Crippen molar-refractivity contribution in [1.82, 2.24) is 0 Å². The van der Waals surface area contributed by atoms with Gasteiger partial charge >= 0.3 is 0 Å². The highest BCUT2D eigenvalue weighted by atomic mass is 28.3. The van der Waals surface area contributed by atoms with Gasteiger partial charge in [0.2, 0.25) is 0 Å². The van der Waals surface area contributed by atoms with Crippen molar-refractivity contribution in [1.29, 1.82) is 0 Å². The zero-order valence-electron chi connectivity index (χ0n) is 6.34. The third kappa shape index (κ3) is 0.987. The first kappa shape index (κ1) is 6.41. The lowest BCUT2D eigenvalue weighted by Crippen LogP contribution is -2.30. The van der Waals surface area contributed by atoms with Crippen LogP contribution < -0.4 is 0 Å². The van der Waals surface area contributed by atoms with Gasteiger partial charge in [-0.25, -0.2) is 0 Å². The van der Waals surface area contributed by atoms with Crippen LogP contribution in [0.3, 0.4) is 0 Å². The van der Waals surface area contributed by atoms with E-state index < -0.39 is 8.07 Å². The molecule has 0 fully saturated rings. The van der Waals surface area contributed by atoms with Crippen molar-refractivity contribution in [3.05, 3.63) is 24.3 Å². The Bertz CT molecular complexity index is 171. The van der Waals surface area contributed by atoms with E-state index in [4.69, 9.17) is 0 Å². The van der Waals surface area contributed by atoms with Crippen LogP contribution in [-0.4, -0.2) is 8.07 Å². The van der Waals surface area contributed by atoms with Gasteiger partial charge in [0.25, 0.3) is 0 Å². The Kier molecular flexibility index (Phi) is 1.53. The van der Waals surface area contributed by atoms with Crippen LogP contribution in [0.25, 0.3) is 0 Å². The molecule has 2 aliphatic rings. The van der Waals surface area contributed by atoms with Gasteiger partial charge < -0.3 is 0 Å². The molecule has 2 heterocycles. The molecule has 2 aliphatic heterocycles. The Labute approximate surface area is 63.6 Å². The number of hydrogen-bond donors (Lipinski definition) is 0. The van der Waals surface area contributed by atoms with Crippen LogP contribution in [0, 0.1) is 0 Å². The molecule has 0 unspecified atom stereocenters. The van der Waals surface area contributed by atoms with Crippen LogP contribution in [-0.2, 0) is 0 Å². The topological polar surface area (TPSA) is 0 Å². The summed E-state index contributed by atoms with van der Waals surface area (Å²) in [4.78, 5) is 0. The summed E-state index contributed by atoms with van der Waals surface area (Å²) in [6.07, 6.45) is 11.0.